The van der Waals surface area contributed by atoms with E-state index in [1.54, 1.807) is 17.0 Å². The van der Waals surface area contributed by atoms with Crippen LogP contribution < -0.4 is 4.90 Å². The van der Waals surface area contributed by atoms with Crippen LogP contribution in [-0.2, 0) is 11.3 Å². The number of hydrogen-bond acceptors (Lipinski definition) is 2. The summed E-state index contributed by atoms with van der Waals surface area (Å²) < 4.78 is 13.7. The molecule has 1 saturated heterocycles. The Morgan fingerprint density at radius 3 is 2.24 bits per heavy atom. The summed E-state index contributed by atoms with van der Waals surface area (Å²) in [7, 11) is 0. The molecular formula is C28H27FN2O2. The van der Waals surface area contributed by atoms with Crippen LogP contribution in [0.3, 0.4) is 0 Å². The monoisotopic (exact) mass is 442 g/mol. The first-order valence-corrected chi connectivity index (χ1v) is 11.5. The fourth-order valence-electron chi connectivity index (χ4n) is 5.28. The van der Waals surface area contributed by atoms with E-state index in [0.29, 0.717) is 18.7 Å². The summed E-state index contributed by atoms with van der Waals surface area (Å²) in [6, 6.07) is 23.3. The van der Waals surface area contributed by atoms with Crippen molar-refractivity contribution in [2.45, 2.75) is 44.8 Å². The highest BCUT2D eigenvalue weighted by molar-refractivity contribution is 5.97. The average molecular weight is 443 g/mol. The predicted octanol–water partition coefficient (Wildman–Crippen LogP) is 6.06. The van der Waals surface area contributed by atoms with Gasteiger partial charge in [0.05, 0.1) is 12.1 Å². The van der Waals surface area contributed by atoms with Crippen LogP contribution in [0.5, 0.6) is 0 Å². The third kappa shape index (κ3) is 4.04. The zero-order valence-electron chi connectivity index (χ0n) is 18.7. The van der Waals surface area contributed by atoms with Gasteiger partial charge in [0, 0.05) is 24.6 Å². The van der Waals surface area contributed by atoms with E-state index in [4.69, 9.17) is 0 Å². The summed E-state index contributed by atoms with van der Waals surface area (Å²) in [6.45, 7) is 2.45. The zero-order valence-corrected chi connectivity index (χ0v) is 18.7. The Labute approximate surface area is 193 Å². The highest BCUT2D eigenvalue weighted by atomic mass is 19.1. The van der Waals surface area contributed by atoms with Gasteiger partial charge in [0.15, 0.2) is 0 Å². The van der Waals surface area contributed by atoms with Gasteiger partial charge in [-0.15, -0.1) is 0 Å². The van der Waals surface area contributed by atoms with Gasteiger partial charge in [0.25, 0.3) is 0 Å². The Bertz CT molecular complexity index is 1140. The molecule has 2 amide bonds. The summed E-state index contributed by atoms with van der Waals surface area (Å²) in [4.78, 5) is 30.6. The van der Waals surface area contributed by atoms with Crippen LogP contribution in [0.1, 0.15) is 42.0 Å². The second kappa shape index (κ2) is 8.81. The molecule has 2 aliphatic rings. The Morgan fingerprint density at radius 2 is 1.61 bits per heavy atom. The maximum absolute atomic E-state index is 14.0. The molecule has 3 aromatic rings. The lowest BCUT2D eigenvalue weighted by atomic mass is 9.86. The van der Waals surface area contributed by atoms with Crippen LogP contribution in [0, 0.1) is 18.7 Å². The van der Waals surface area contributed by atoms with Crippen LogP contribution in [0.4, 0.5) is 14.9 Å². The zero-order chi connectivity index (χ0) is 22.9. The second-order valence-corrected chi connectivity index (χ2v) is 9.05. The largest absolute Gasteiger partial charge is 0.325 e. The number of halogens is 1. The van der Waals surface area contributed by atoms with Crippen LogP contribution in [0.25, 0.3) is 0 Å². The van der Waals surface area contributed by atoms with Crippen LogP contribution in [0.2, 0.25) is 0 Å². The van der Waals surface area contributed by atoms with Crippen LogP contribution in [0.15, 0.2) is 78.9 Å². The van der Waals surface area contributed by atoms with Gasteiger partial charge < -0.3 is 4.90 Å². The number of aryl methyl sites for hydroxylation is 1. The lowest BCUT2D eigenvalue weighted by Crippen LogP contribution is -2.41. The first kappa shape index (κ1) is 21.4. The standard InChI is InChI=1S/C28H27FN2O2/c1-19-10-12-21(13-11-19)26-27(24-8-5-9-25(24)32)30(18-20-6-3-2-4-7-20)28(33)31(26)23-16-14-22(29)15-17-23/h2-4,6-7,10-17,24,26-27H,5,8-9,18H2,1H3/t24?,26-,27-/m0/s1. The first-order chi connectivity index (χ1) is 16.0. The number of ketones is 1. The number of carbonyl (C=O) groups excluding carboxylic acids is 2. The smallest absolute Gasteiger partial charge is 0.314 e. The van der Waals surface area contributed by atoms with Gasteiger partial charge in [-0.1, -0.05) is 60.2 Å². The molecule has 168 valence electrons. The molecule has 4 nitrogen and oxygen atoms in total. The number of rotatable bonds is 5. The quantitative estimate of drug-likeness (QED) is 0.482. The maximum Gasteiger partial charge on any atom is 0.325 e. The lowest BCUT2D eigenvalue weighted by Gasteiger charge is -2.32. The fraction of sp³-hybridized carbons (Fsp3) is 0.286. The molecule has 1 heterocycles. The number of hydrogen-bond donors (Lipinski definition) is 0. The molecule has 0 bridgehead atoms. The third-order valence-electron chi connectivity index (χ3n) is 6.90. The minimum Gasteiger partial charge on any atom is -0.314 e. The number of anilines is 1. The van der Waals surface area contributed by atoms with E-state index in [0.717, 1.165) is 29.5 Å². The van der Waals surface area contributed by atoms with Gasteiger partial charge in [-0.3, -0.25) is 9.69 Å². The Balaban J connectivity index is 1.65. The number of nitrogens with zero attached hydrogens (tertiary/aromatic N) is 2. The normalized spacial score (nSPS) is 22.9. The molecule has 1 aliphatic carbocycles. The summed E-state index contributed by atoms with van der Waals surface area (Å²) in [5.74, 6) is -0.334. The Kier molecular flexibility index (Phi) is 5.71. The molecule has 3 atom stereocenters. The van der Waals surface area contributed by atoms with E-state index in [2.05, 4.69) is 0 Å². The topological polar surface area (TPSA) is 40.6 Å². The van der Waals surface area contributed by atoms with Gasteiger partial charge in [0.1, 0.15) is 11.6 Å². The van der Waals surface area contributed by atoms with Gasteiger partial charge >= 0.3 is 6.03 Å². The Morgan fingerprint density at radius 1 is 0.909 bits per heavy atom. The molecule has 0 aromatic heterocycles. The van der Waals surface area contributed by atoms with Crippen molar-refractivity contribution in [3.8, 4) is 0 Å². The molecular weight excluding hydrogens is 415 g/mol. The van der Waals surface area contributed by atoms with E-state index in [1.165, 1.54) is 12.1 Å². The molecule has 2 fully saturated rings. The molecule has 5 heteroatoms. The lowest BCUT2D eigenvalue weighted by molar-refractivity contribution is -0.122. The molecule has 0 N–H and O–H groups in total. The summed E-state index contributed by atoms with van der Waals surface area (Å²) in [5, 5.41) is 0. The van der Waals surface area contributed by atoms with Gasteiger partial charge in [-0.2, -0.15) is 0 Å². The van der Waals surface area contributed by atoms with Crippen molar-refractivity contribution in [1.82, 2.24) is 4.90 Å². The molecule has 3 aromatic carbocycles. The minimum absolute atomic E-state index is 0.152. The molecule has 1 saturated carbocycles. The van der Waals surface area contributed by atoms with Crippen molar-refractivity contribution < 1.29 is 14.0 Å². The fourth-order valence-corrected chi connectivity index (χ4v) is 5.28. The summed E-state index contributed by atoms with van der Waals surface area (Å²) in [5.41, 5.74) is 3.77. The molecule has 1 unspecified atom stereocenters. The van der Waals surface area contributed by atoms with E-state index < -0.39 is 0 Å². The first-order valence-electron chi connectivity index (χ1n) is 11.5. The van der Waals surface area contributed by atoms with Crippen molar-refractivity contribution in [3.05, 3.63) is 101 Å². The summed E-state index contributed by atoms with van der Waals surface area (Å²) >= 11 is 0. The Hall–Kier alpha value is -3.47. The molecule has 0 spiro atoms. The molecule has 0 radical (unpaired) electrons. The molecule has 33 heavy (non-hydrogen) atoms. The van der Waals surface area contributed by atoms with Crippen molar-refractivity contribution in [2.24, 2.45) is 5.92 Å². The van der Waals surface area contributed by atoms with E-state index in [-0.39, 0.29) is 35.6 Å². The van der Waals surface area contributed by atoms with E-state index in [9.17, 15) is 14.0 Å². The molecule has 1 aliphatic heterocycles. The maximum atomic E-state index is 14.0. The second-order valence-electron chi connectivity index (χ2n) is 9.05. The average Bonchev–Trinajstić information content (AvgIpc) is 3.36. The highest BCUT2D eigenvalue weighted by Crippen LogP contribution is 2.45. The van der Waals surface area contributed by atoms with Gasteiger partial charge in [0.2, 0.25) is 0 Å². The van der Waals surface area contributed by atoms with Crippen LogP contribution >= 0.6 is 0 Å². The van der Waals surface area contributed by atoms with Crippen LogP contribution in [-0.4, -0.2) is 22.8 Å². The number of carbonyl (C=O) groups is 2. The van der Waals surface area contributed by atoms with E-state index in [1.807, 2.05) is 66.4 Å². The van der Waals surface area contributed by atoms with Gasteiger partial charge in [-0.05, 0) is 55.2 Å². The number of amides is 2. The van der Waals surface area contributed by atoms with Crippen molar-refractivity contribution in [3.63, 3.8) is 0 Å². The molecule has 5 rings (SSSR count). The van der Waals surface area contributed by atoms with Gasteiger partial charge in [-0.25, -0.2) is 9.18 Å². The van der Waals surface area contributed by atoms with Crippen molar-refractivity contribution in [1.29, 1.82) is 0 Å². The van der Waals surface area contributed by atoms with Crippen molar-refractivity contribution >= 4 is 17.5 Å². The predicted molar refractivity (Wildman–Crippen MR) is 126 cm³/mol. The minimum atomic E-state index is -0.346. The number of benzene rings is 3. The highest BCUT2D eigenvalue weighted by Gasteiger charge is 2.52. The summed E-state index contributed by atoms with van der Waals surface area (Å²) in [6.07, 6.45) is 2.19. The van der Waals surface area contributed by atoms with E-state index >= 15 is 0 Å². The number of urea groups is 1. The van der Waals surface area contributed by atoms with Crippen molar-refractivity contribution in [2.75, 3.05) is 4.90 Å². The SMILES string of the molecule is Cc1ccc([C@H]2[C@H](C3CCCC3=O)N(Cc3ccccc3)C(=O)N2c2ccc(F)cc2)cc1. The third-order valence-corrected chi connectivity index (χ3v) is 6.90. The number of Topliss-reactive ketones (excluding diaryl/α,β-unsaturated/α-hetero) is 1.